The summed E-state index contributed by atoms with van der Waals surface area (Å²) in [4.78, 5) is 42.2. The maximum Gasteiger partial charge on any atom is 0.289 e. The highest BCUT2D eigenvalue weighted by Gasteiger charge is 2.46. The number of aromatic nitrogens is 3. The summed E-state index contributed by atoms with van der Waals surface area (Å²) in [6, 6.07) is 0.0902. The third-order valence-corrected chi connectivity index (χ3v) is 8.10. The molecular weight excluding hydrogens is 492 g/mol. The Morgan fingerprint density at radius 3 is 2.51 bits per heavy atom. The van der Waals surface area contributed by atoms with Crippen LogP contribution in [0.3, 0.4) is 0 Å². The van der Waals surface area contributed by atoms with E-state index in [0.717, 1.165) is 25.0 Å². The number of nitrogens with two attached hydrogens (primary N) is 1. The number of carbonyl (C=O) groups is 2. The summed E-state index contributed by atoms with van der Waals surface area (Å²) in [5, 5.41) is 7.64. The van der Waals surface area contributed by atoms with Gasteiger partial charge in [-0.05, 0) is 64.0 Å². The zero-order valence-electron chi connectivity index (χ0n) is 23.1. The number of amides is 1. The first-order valence-electron chi connectivity index (χ1n) is 13.5. The molecule has 2 saturated heterocycles. The van der Waals surface area contributed by atoms with E-state index in [9.17, 15) is 9.59 Å². The summed E-state index contributed by atoms with van der Waals surface area (Å²) >= 11 is 0. The van der Waals surface area contributed by atoms with Crippen LogP contribution in [-0.2, 0) is 4.79 Å². The summed E-state index contributed by atoms with van der Waals surface area (Å²) in [7, 11) is 0. The van der Waals surface area contributed by atoms with Crippen LogP contribution in [0.1, 0.15) is 87.3 Å². The third kappa shape index (κ3) is 4.68. The molecule has 0 radical (unpaired) electrons. The molecule has 3 aliphatic rings. The number of nitrogens with zero attached hydrogens (tertiary/aromatic N) is 6. The number of hydrogen-bond donors (Lipinski definition) is 2. The van der Waals surface area contributed by atoms with Gasteiger partial charge in [-0.3, -0.25) is 19.6 Å². The van der Waals surface area contributed by atoms with E-state index >= 15 is 0 Å². The minimum Gasteiger partial charge on any atom is -0.383 e. The van der Waals surface area contributed by atoms with E-state index in [4.69, 9.17) is 10.7 Å². The molecule has 3 aliphatic heterocycles. The fraction of sp³-hybridized carbons (Fsp3) is 0.448. The zero-order valence-corrected chi connectivity index (χ0v) is 23.1. The van der Waals surface area contributed by atoms with Gasteiger partial charge in [-0.2, -0.15) is 9.61 Å². The van der Waals surface area contributed by atoms with Crippen LogP contribution in [0.5, 0.6) is 0 Å². The van der Waals surface area contributed by atoms with Gasteiger partial charge >= 0.3 is 0 Å². The van der Waals surface area contributed by atoms with Gasteiger partial charge in [0.1, 0.15) is 5.82 Å². The smallest absolute Gasteiger partial charge is 0.289 e. The maximum absolute atomic E-state index is 13.6. The van der Waals surface area contributed by atoms with E-state index in [0.29, 0.717) is 59.0 Å². The highest BCUT2D eigenvalue weighted by Crippen LogP contribution is 2.44. The number of anilines is 1. The number of aliphatic imine (C=N–C) groups is 2. The van der Waals surface area contributed by atoms with Crippen LogP contribution >= 0.6 is 0 Å². The van der Waals surface area contributed by atoms with Crippen molar-refractivity contribution in [2.45, 2.75) is 77.8 Å². The number of fused-ring (bicyclic) bond motifs is 3. The van der Waals surface area contributed by atoms with Gasteiger partial charge < -0.3 is 16.0 Å². The lowest BCUT2D eigenvalue weighted by Crippen LogP contribution is -2.52. The first-order chi connectivity index (χ1) is 18.6. The number of allylic oxidation sites excluding steroid dienone is 3. The number of carbonyl (C=O) groups excluding carboxylic acids is 2. The lowest BCUT2D eigenvalue weighted by molar-refractivity contribution is -0.128. The Balaban J connectivity index is 1.47. The number of hydrogen-bond acceptors (Lipinski definition) is 8. The van der Waals surface area contributed by atoms with E-state index in [2.05, 4.69) is 40.5 Å². The minimum absolute atomic E-state index is 0.0209. The normalized spacial score (nSPS) is 22.8. The SMILES string of the molecule is C=C(C)N=CC(=C)c1cnn2c(N)c(C(C)=O)c(C3CC4CCC(C3)N4C(=O)C3=NCC(CC)=C(C)N3)nc12. The highest BCUT2D eigenvalue weighted by atomic mass is 16.2. The Kier molecular flexibility index (Phi) is 6.96. The molecule has 10 heteroatoms. The summed E-state index contributed by atoms with van der Waals surface area (Å²) in [6.45, 7) is 15.9. The largest absolute Gasteiger partial charge is 0.383 e. The van der Waals surface area contributed by atoms with Crippen molar-refractivity contribution in [2.75, 3.05) is 12.3 Å². The maximum atomic E-state index is 13.6. The van der Waals surface area contributed by atoms with Gasteiger partial charge in [-0.1, -0.05) is 20.1 Å². The van der Waals surface area contributed by atoms with E-state index in [1.165, 1.54) is 17.0 Å². The number of nitrogen functional groups attached to an aromatic ring is 1. The molecule has 10 nitrogen and oxygen atoms in total. The van der Waals surface area contributed by atoms with E-state index in [-0.39, 0.29) is 35.5 Å². The Morgan fingerprint density at radius 2 is 1.92 bits per heavy atom. The van der Waals surface area contributed by atoms with Gasteiger partial charge in [-0.25, -0.2) is 4.98 Å². The molecule has 0 saturated carbocycles. The molecule has 2 bridgehead atoms. The molecule has 5 heterocycles. The average molecular weight is 529 g/mol. The Bertz CT molecular complexity index is 1480. The van der Waals surface area contributed by atoms with Crippen molar-refractivity contribution in [2.24, 2.45) is 9.98 Å². The number of rotatable bonds is 7. The monoisotopic (exact) mass is 528 g/mol. The van der Waals surface area contributed by atoms with Crippen LogP contribution in [0.4, 0.5) is 5.82 Å². The molecule has 204 valence electrons. The number of amidine groups is 1. The van der Waals surface area contributed by atoms with Gasteiger partial charge in [0.25, 0.3) is 5.91 Å². The molecule has 3 N–H and O–H groups in total. The van der Waals surface area contributed by atoms with Crippen LogP contribution in [-0.4, -0.2) is 61.9 Å². The van der Waals surface area contributed by atoms with Gasteiger partial charge in [0.2, 0.25) is 0 Å². The summed E-state index contributed by atoms with van der Waals surface area (Å²) in [5.74, 6) is 0.465. The Hall–Kier alpha value is -4.08. The Labute approximate surface area is 228 Å². The molecule has 39 heavy (non-hydrogen) atoms. The van der Waals surface area contributed by atoms with Crippen LogP contribution in [0, 0.1) is 0 Å². The second-order valence-electron chi connectivity index (χ2n) is 10.8. The first-order valence-corrected chi connectivity index (χ1v) is 13.5. The van der Waals surface area contributed by atoms with Crippen molar-refractivity contribution in [3.63, 3.8) is 0 Å². The molecule has 1 amide bonds. The number of Topliss-reactive ketones (excluding diaryl/α,β-unsaturated/α-hetero) is 1. The fourth-order valence-corrected chi connectivity index (χ4v) is 6.12. The van der Waals surface area contributed by atoms with E-state index in [1.54, 1.807) is 19.3 Å². The molecule has 2 atom stereocenters. The van der Waals surface area contributed by atoms with Gasteiger partial charge in [0.05, 0.1) is 24.0 Å². The van der Waals surface area contributed by atoms with Crippen molar-refractivity contribution in [3.8, 4) is 0 Å². The van der Waals surface area contributed by atoms with Crippen molar-refractivity contribution in [3.05, 3.63) is 53.1 Å². The third-order valence-electron chi connectivity index (χ3n) is 8.10. The molecule has 0 aromatic carbocycles. The lowest BCUT2D eigenvalue weighted by atomic mass is 9.85. The predicted octanol–water partition coefficient (Wildman–Crippen LogP) is 4.05. The van der Waals surface area contributed by atoms with Crippen LogP contribution in [0.15, 0.2) is 46.3 Å². The first kappa shape index (κ1) is 26.5. The van der Waals surface area contributed by atoms with Gasteiger partial charge in [0, 0.05) is 41.2 Å². The van der Waals surface area contributed by atoms with Crippen LogP contribution in [0.25, 0.3) is 11.2 Å². The summed E-state index contributed by atoms with van der Waals surface area (Å²) in [5.41, 5.74) is 12.3. The summed E-state index contributed by atoms with van der Waals surface area (Å²) < 4.78 is 1.50. The Morgan fingerprint density at radius 1 is 1.23 bits per heavy atom. The molecular formula is C29H36N8O2. The van der Waals surface area contributed by atoms with Gasteiger partial charge in [0.15, 0.2) is 17.3 Å². The van der Waals surface area contributed by atoms with E-state index in [1.807, 2.05) is 11.8 Å². The van der Waals surface area contributed by atoms with Crippen LogP contribution in [0.2, 0.25) is 0 Å². The number of nitrogens with one attached hydrogen (secondary N) is 1. The van der Waals surface area contributed by atoms with Crippen LogP contribution < -0.4 is 11.1 Å². The van der Waals surface area contributed by atoms with Crippen molar-refractivity contribution >= 4 is 40.8 Å². The topological polar surface area (TPSA) is 130 Å². The second-order valence-corrected chi connectivity index (χ2v) is 10.8. The zero-order chi connectivity index (χ0) is 28.0. The molecule has 2 aromatic rings. The predicted molar refractivity (Wildman–Crippen MR) is 154 cm³/mol. The average Bonchev–Trinajstić information content (AvgIpc) is 3.44. The molecule has 2 aromatic heterocycles. The lowest BCUT2D eigenvalue weighted by Gasteiger charge is -2.39. The minimum atomic E-state index is -0.155. The number of piperidine rings is 1. The standard InChI is InChI=1S/C29H36N8O2/c1-7-19-13-32-27(34-17(19)5)29(39)36-21-8-9-22(36)11-20(10-21)25-24(18(6)38)26(30)37-28(35-25)23(14-33-37)16(4)12-31-15(2)3/h12,14,20-22H,2,4,7-11,13,30H2,1,3,5-6H3,(H,32,34). The van der Waals surface area contributed by atoms with Gasteiger partial charge in [-0.15, -0.1) is 0 Å². The molecule has 2 fully saturated rings. The molecule has 2 unspecified atom stereocenters. The van der Waals surface area contributed by atoms with Crippen molar-refractivity contribution in [1.29, 1.82) is 0 Å². The number of ketones is 1. The highest BCUT2D eigenvalue weighted by molar-refractivity contribution is 6.38. The molecule has 0 spiro atoms. The second kappa shape index (κ2) is 10.2. The summed E-state index contributed by atoms with van der Waals surface area (Å²) in [6.07, 6.45) is 7.41. The fourth-order valence-electron chi connectivity index (χ4n) is 6.12. The quantitative estimate of drug-likeness (QED) is 0.412. The van der Waals surface area contributed by atoms with Crippen molar-refractivity contribution in [1.82, 2.24) is 24.8 Å². The van der Waals surface area contributed by atoms with E-state index < -0.39 is 0 Å². The molecule has 0 aliphatic carbocycles. The molecule has 5 rings (SSSR count). The van der Waals surface area contributed by atoms with Crippen molar-refractivity contribution < 1.29 is 9.59 Å².